The molecule has 0 atom stereocenters. The quantitative estimate of drug-likeness (QED) is 0.116. The number of nitrogens with one attached hydrogen (secondary N) is 1. The monoisotopic (exact) mass is 594 g/mol. The molecule has 176 valence electrons. The second kappa shape index (κ2) is 11.3. The molecule has 0 bridgehead atoms. The SMILES string of the molecule is Cc1ccc(C(=O)Oc2ccc(Br)cc2/C=N/NC(=O)COc2ccc3ccccc3c2Br)cc1. The van der Waals surface area contributed by atoms with Gasteiger partial charge in [0.05, 0.1) is 16.3 Å². The van der Waals surface area contributed by atoms with E-state index in [1.54, 1.807) is 36.4 Å². The number of amides is 1. The number of fused-ring (bicyclic) bond motifs is 1. The number of carbonyl (C=O) groups excluding carboxylic acids is 2. The lowest BCUT2D eigenvalue weighted by molar-refractivity contribution is -0.123. The van der Waals surface area contributed by atoms with E-state index in [9.17, 15) is 9.59 Å². The van der Waals surface area contributed by atoms with E-state index in [1.165, 1.54) is 6.21 Å². The van der Waals surface area contributed by atoms with Crippen molar-refractivity contribution in [2.24, 2.45) is 5.10 Å². The molecule has 0 aromatic heterocycles. The van der Waals surface area contributed by atoms with Crippen LogP contribution in [0.5, 0.6) is 11.5 Å². The van der Waals surface area contributed by atoms with Crippen LogP contribution in [0.1, 0.15) is 21.5 Å². The summed E-state index contributed by atoms with van der Waals surface area (Å²) in [7, 11) is 0. The average Bonchev–Trinajstić information content (AvgIpc) is 2.85. The van der Waals surface area contributed by atoms with Gasteiger partial charge in [0.2, 0.25) is 0 Å². The van der Waals surface area contributed by atoms with Gasteiger partial charge in [0.15, 0.2) is 6.61 Å². The number of aryl methyl sites for hydroxylation is 1. The Morgan fingerprint density at radius 3 is 2.49 bits per heavy atom. The van der Waals surface area contributed by atoms with Crippen LogP contribution in [0.2, 0.25) is 0 Å². The molecule has 0 saturated carbocycles. The third-order valence-corrected chi connectivity index (χ3v) is 6.35. The van der Waals surface area contributed by atoms with E-state index < -0.39 is 11.9 Å². The van der Waals surface area contributed by atoms with Gasteiger partial charge in [-0.2, -0.15) is 5.10 Å². The molecule has 0 fully saturated rings. The molecule has 8 heteroatoms. The smallest absolute Gasteiger partial charge is 0.343 e. The van der Waals surface area contributed by atoms with Crippen LogP contribution in [0.15, 0.2) is 92.9 Å². The second-order valence-corrected chi connectivity index (χ2v) is 9.33. The van der Waals surface area contributed by atoms with Gasteiger partial charge in [-0.3, -0.25) is 4.79 Å². The molecule has 0 aliphatic heterocycles. The lowest BCUT2D eigenvalue weighted by atomic mass is 10.1. The number of halogens is 2. The summed E-state index contributed by atoms with van der Waals surface area (Å²) in [6.45, 7) is 1.72. The van der Waals surface area contributed by atoms with Crippen LogP contribution in [-0.4, -0.2) is 24.7 Å². The van der Waals surface area contributed by atoms with Crippen molar-refractivity contribution in [3.8, 4) is 11.5 Å². The number of esters is 1. The Bertz CT molecular complexity index is 1420. The van der Waals surface area contributed by atoms with E-state index in [1.807, 2.05) is 49.4 Å². The number of ether oxygens (including phenoxy) is 2. The van der Waals surface area contributed by atoms with Gasteiger partial charge >= 0.3 is 5.97 Å². The molecule has 0 saturated heterocycles. The molecule has 0 heterocycles. The fraction of sp³-hybridized carbons (Fsp3) is 0.0741. The summed E-state index contributed by atoms with van der Waals surface area (Å²) in [5.74, 6) is -0.0527. The normalized spacial score (nSPS) is 10.9. The van der Waals surface area contributed by atoms with Gasteiger partial charge in [-0.05, 0) is 70.0 Å². The summed E-state index contributed by atoms with van der Waals surface area (Å²) in [4.78, 5) is 24.8. The lowest BCUT2D eigenvalue weighted by Crippen LogP contribution is -2.24. The Labute approximate surface area is 219 Å². The zero-order valence-corrected chi connectivity index (χ0v) is 21.8. The van der Waals surface area contributed by atoms with Crippen LogP contribution in [0.25, 0.3) is 10.8 Å². The van der Waals surface area contributed by atoms with Gasteiger partial charge in [0.25, 0.3) is 5.91 Å². The van der Waals surface area contributed by atoms with E-state index in [2.05, 4.69) is 42.4 Å². The van der Waals surface area contributed by atoms with E-state index in [-0.39, 0.29) is 6.61 Å². The molecule has 0 radical (unpaired) electrons. The fourth-order valence-corrected chi connectivity index (χ4v) is 4.22. The van der Waals surface area contributed by atoms with Crippen molar-refractivity contribution in [2.45, 2.75) is 6.92 Å². The summed E-state index contributed by atoms with van der Waals surface area (Å²) in [6, 6.07) is 23.8. The maximum Gasteiger partial charge on any atom is 0.343 e. The van der Waals surface area contributed by atoms with E-state index in [0.29, 0.717) is 22.6 Å². The third-order valence-electron chi connectivity index (χ3n) is 5.04. The number of rotatable bonds is 7. The molecule has 0 unspecified atom stereocenters. The minimum absolute atomic E-state index is 0.220. The molecule has 1 amide bonds. The predicted molar refractivity (Wildman–Crippen MR) is 143 cm³/mol. The van der Waals surface area contributed by atoms with Gasteiger partial charge in [0.1, 0.15) is 11.5 Å². The minimum atomic E-state index is -0.486. The Morgan fingerprint density at radius 1 is 0.943 bits per heavy atom. The first kappa shape index (κ1) is 24.6. The van der Waals surface area contributed by atoms with Crippen molar-refractivity contribution in [2.75, 3.05) is 6.61 Å². The zero-order valence-electron chi connectivity index (χ0n) is 18.6. The van der Waals surface area contributed by atoms with Gasteiger partial charge in [-0.1, -0.05) is 64.0 Å². The first-order chi connectivity index (χ1) is 16.9. The van der Waals surface area contributed by atoms with Crippen LogP contribution in [0, 0.1) is 6.92 Å². The number of hydrogen-bond donors (Lipinski definition) is 1. The molecule has 35 heavy (non-hydrogen) atoms. The molecular weight excluding hydrogens is 576 g/mol. The fourth-order valence-electron chi connectivity index (χ4n) is 3.24. The summed E-state index contributed by atoms with van der Waals surface area (Å²) in [5, 5.41) is 6.05. The van der Waals surface area contributed by atoms with Crippen LogP contribution < -0.4 is 14.9 Å². The van der Waals surface area contributed by atoms with Crippen molar-refractivity contribution < 1.29 is 19.1 Å². The zero-order chi connectivity index (χ0) is 24.8. The lowest BCUT2D eigenvalue weighted by Gasteiger charge is -2.10. The first-order valence-electron chi connectivity index (χ1n) is 10.6. The number of carbonyl (C=O) groups is 2. The summed E-state index contributed by atoms with van der Waals surface area (Å²) >= 11 is 6.93. The van der Waals surface area contributed by atoms with Gasteiger partial charge < -0.3 is 9.47 Å². The molecule has 0 aliphatic carbocycles. The Hall–Kier alpha value is -3.49. The maximum atomic E-state index is 12.5. The highest BCUT2D eigenvalue weighted by Gasteiger charge is 2.12. The molecule has 0 aliphatic rings. The summed E-state index contributed by atoms with van der Waals surface area (Å²) < 4.78 is 12.7. The maximum absolute atomic E-state index is 12.5. The van der Waals surface area contributed by atoms with Gasteiger partial charge in [-0.25, -0.2) is 10.2 Å². The van der Waals surface area contributed by atoms with Crippen LogP contribution in [0.3, 0.4) is 0 Å². The largest absolute Gasteiger partial charge is 0.483 e. The molecule has 4 aromatic carbocycles. The topological polar surface area (TPSA) is 77.0 Å². The second-order valence-electron chi connectivity index (χ2n) is 7.62. The molecule has 4 aromatic rings. The number of benzene rings is 4. The van der Waals surface area contributed by atoms with E-state index in [4.69, 9.17) is 9.47 Å². The van der Waals surface area contributed by atoms with Crippen LogP contribution >= 0.6 is 31.9 Å². The number of hydrogen-bond acceptors (Lipinski definition) is 5. The van der Waals surface area contributed by atoms with Crippen LogP contribution in [-0.2, 0) is 4.79 Å². The summed E-state index contributed by atoms with van der Waals surface area (Å²) in [5.41, 5.74) is 4.43. The molecule has 0 spiro atoms. The Balaban J connectivity index is 1.38. The predicted octanol–water partition coefficient (Wildman–Crippen LogP) is 6.42. The summed E-state index contributed by atoms with van der Waals surface area (Å²) in [6.07, 6.45) is 1.41. The molecule has 1 N–H and O–H groups in total. The standard InChI is InChI=1S/C27H20Br2N2O4/c1-17-6-8-19(9-7-17)27(33)35-23-13-11-21(28)14-20(23)15-30-31-25(32)16-34-24-12-10-18-4-2-3-5-22(18)26(24)29/h2-15H,16H2,1H3,(H,31,32)/b30-15+. The van der Waals surface area contributed by atoms with Crippen molar-refractivity contribution >= 4 is 60.7 Å². The van der Waals surface area contributed by atoms with Crippen LogP contribution in [0.4, 0.5) is 0 Å². The van der Waals surface area contributed by atoms with Gasteiger partial charge in [0, 0.05) is 10.0 Å². The Kier molecular flexibility index (Phi) is 7.94. The van der Waals surface area contributed by atoms with Crippen molar-refractivity contribution in [1.29, 1.82) is 0 Å². The number of hydrazone groups is 1. The minimum Gasteiger partial charge on any atom is -0.483 e. The van der Waals surface area contributed by atoms with E-state index >= 15 is 0 Å². The van der Waals surface area contributed by atoms with Crippen molar-refractivity contribution in [1.82, 2.24) is 5.43 Å². The van der Waals surface area contributed by atoms with Crippen molar-refractivity contribution in [3.63, 3.8) is 0 Å². The highest BCUT2D eigenvalue weighted by molar-refractivity contribution is 9.11. The Morgan fingerprint density at radius 2 is 1.69 bits per heavy atom. The van der Waals surface area contributed by atoms with E-state index in [0.717, 1.165) is 25.3 Å². The number of nitrogens with zero attached hydrogens (tertiary/aromatic N) is 1. The van der Waals surface area contributed by atoms with Crippen molar-refractivity contribution in [3.05, 3.63) is 104 Å². The molecule has 6 nitrogen and oxygen atoms in total. The highest BCUT2D eigenvalue weighted by atomic mass is 79.9. The van der Waals surface area contributed by atoms with Gasteiger partial charge in [-0.15, -0.1) is 0 Å². The molecule has 4 rings (SSSR count). The average molecular weight is 596 g/mol. The first-order valence-corrected chi connectivity index (χ1v) is 12.2. The third kappa shape index (κ3) is 6.35. The highest BCUT2D eigenvalue weighted by Crippen LogP contribution is 2.33. The molecular formula is C27H20Br2N2O4.